The first-order valence-corrected chi connectivity index (χ1v) is 3.81. The van der Waals surface area contributed by atoms with Crippen molar-refractivity contribution in [3.8, 4) is 0 Å². The van der Waals surface area contributed by atoms with E-state index in [0.29, 0.717) is 0 Å². The summed E-state index contributed by atoms with van der Waals surface area (Å²) < 4.78 is 0. The fourth-order valence-electron chi connectivity index (χ4n) is 1.10. The van der Waals surface area contributed by atoms with Crippen LogP contribution in [0, 0.1) is 18.3 Å². The van der Waals surface area contributed by atoms with Crippen LogP contribution in [0.3, 0.4) is 0 Å². The number of hydrogen-bond acceptors (Lipinski definition) is 0. The highest BCUT2D eigenvalue weighted by molar-refractivity contribution is 4.92. The zero-order chi connectivity index (χ0) is 7.28. The van der Waals surface area contributed by atoms with Crippen LogP contribution in [-0.2, 0) is 0 Å². The van der Waals surface area contributed by atoms with Crippen molar-refractivity contribution in [1.29, 1.82) is 0 Å². The highest BCUT2D eigenvalue weighted by Crippen LogP contribution is 2.20. The smallest absolute Gasteiger partial charge is 0.0606 e. The van der Waals surface area contributed by atoms with Gasteiger partial charge in [-0.2, -0.15) is 20.8 Å². The Bertz CT molecular complexity index is 55.1. The van der Waals surface area contributed by atoms with Gasteiger partial charge in [-0.05, 0) is 0 Å². The maximum absolute atomic E-state index is 2.29. The van der Waals surface area contributed by atoms with Crippen LogP contribution in [0.5, 0.6) is 0 Å². The van der Waals surface area contributed by atoms with Gasteiger partial charge in [0.25, 0.3) is 0 Å². The molecule has 0 saturated heterocycles. The molecule has 0 saturated carbocycles. The first-order valence-electron chi connectivity index (χ1n) is 3.81. The first kappa shape index (κ1) is 9.00. The van der Waals surface area contributed by atoms with E-state index in [9.17, 15) is 0 Å². The number of rotatable bonds is 4. The lowest BCUT2D eigenvalue weighted by Crippen LogP contribution is -2.04. The predicted molar refractivity (Wildman–Crippen MR) is 43.0 cm³/mol. The van der Waals surface area contributed by atoms with Crippen molar-refractivity contribution in [3.63, 3.8) is 0 Å². The number of hydrogen-bond donors (Lipinski definition) is 0. The molecule has 0 radical (unpaired) electrons. The molecule has 0 amide bonds. The van der Waals surface area contributed by atoms with E-state index in [1.165, 1.54) is 12.8 Å². The van der Waals surface area contributed by atoms with Gasteiger partial charge in [-0.1, -0.05) is 13.3 Å². The summed E-state index contributed by atoms with van der Waals surface area (Å²) in [7, 11) is 0. The van der Waals surface area contributed by atoms with Gasteiger partial charge in [-0.15, -0.1) is 6.42 Å². The van der Waals surface area contributed by atoms with Crippen molar-refractivity contribution >= 4 is 0 Å². The molecule has 0 nitrogen and oxygen atoms in total. The lowest BCUT2D eigenvalue weighted by Gasteiger charge is -2.39. The topological polar surface area (TPSA) is 0 Å². The van der Waals surface area contributed by atoms with Crippen molar-refractivity contribution in [1.82, 2.24) is 0 Å². The molecule has 0 aliphatic carbocycles. The summed E-state index contributed by atoms with van der Waals surface area (Å²) in [6, 6.07) is 0. The fraction of sp³-hybridized carbons (Fsp3) is 0.778. The Hall–Kier alpha value is 0. The van der Waals surface area contributed by atoms with E-state index < -0.39 is 0 Å². The van der Waals surface area contributed by atoms with Gasteiger partial charge in [0, 0.05) is 0 Å². The van der Waals surface area contributed by atoms with Crippen molar-refractivity contribution in [2.75, 3.05) is 0 Å². The van der Waals surface area contributed by atoms with Crippen LogP contribution in [-0.4, -0.2) is 0 Å². The van der Waals surface area contributed by atoms with Crippen molar-refractivity contribution in [2.24, 2.45) is 5.92 Å². The molecule has 0 heterocycles. The molecule has 0 heteroatoms. The quantitative estimate of drug-likeness (QED) is 0.507. The normalized spacial score (nSPS) is 14.3. The maximum atomic E-state index is 2.29. The minimum absolute atomic E-state index is 0.759. The van der Waals surface area contributed by atoms with E-state index in [1.54, 1.807) is 5.92 Å². The third-order valence-electron chi connectivity index (χ3n) is 1.74. The van der Waals surface area contributed by atoms with E-state index in [1.807, 2.05) is 0 Å². The molecule has 0 fully saturated rings. The van der Waals surface area contributed by atoms with E-state index >= 15 is 0 Å². The van der Waals surface area contributed by atoms with E-state index in [0.717, 1.165) is 5.92 Å². The van der Waals surface area contributed by atoms with Gasteiger partial charge in [0.15, 0.2) is 0 Å². The third kappa shape index (κ3) is 3.56. The molecule has 0 N–H and O–H groups in total. The largest absolute Gasteiger partial charge is 0.357 e. The predicted octanol–water partition coefficient (Wildman–Crippen LogP) is 3.24. The van der Waals surface area contributed by atoms with E-state index in [-0.39, 0.29) is 0 Å². The second-order valence-corrected chi connectivity index (χ2v) is 2.81. The highest BCUT2D eigenvalue weighted by atomic mass is 14.1. The molecule has 0 spiro atoms. The Kier molecular flexibility index (Phi) is 4.84. The lowest BCUT2D eigenvalue weighted by molar-refractivity contribution is 0.562. The summed E-state index contributed by atoms with van der Waals surface area (Å²) in [5, 5.41) is 0. The molecule has 0 aliphatic rings. The van der Waals surface area contributed by atoms with Gasteiger partial charge in [0.2, 0.25) is 0 Å². The Labute approximate surface area is 59.7 Å². The average Bonchev–Trinajstić information content (AvgIpc) is 1.82. The third-order valence-corrected chi connectivity index (χ3v) is 1.74. The second kappa shape index (κ2) is 4.84. The SMILES string of the molecule is C[CH-]C(CCC)[C-](C)C. The molecule has 9 heavy (non-hydrogen) atoms. The summed E-state index contributed by atoms with van der Waals surface area (Å²) >= 11 is 0. The molecule has 56 valence electrons. The van der Waals surface area contributed by atoms with Crippen LogP contribution in [0.1, 0.15) is 40.5 Å². The fourth-order valence-corrected chi connectivity index (χ4v) is 1.10. The van der Waals surface area contributed by atoms with Gasteiger partial charge in [0.05, 0.1) is 0 Å². The minimum Gasteiger partial charge on any atom is -0.357 e. The van der Waals surface area contributed by atoms with Gasteiger partial charge >= 0.3 is 0 Å². The second-order valence-electron chi connectivity index (χ2n) is 2.81. The molecule has 0 aromatic heterocycles. The molecule has 0 aromatic carbocycles. The molecule has 1 unspecified atom stereocenters. The van der Waals surface area contributed by atoms with Crippen LogP contribution < -0.4 is 0 Å². The molecule has 0 bridgehead atoms. The zero-order valence-electron chi connectivity index (χ0n) is 7.07. The van der Waals surface area contributed by atoms with Gasteiger partial charge in [-0.3, -0.25) is 5.92 Å². The Morgan fingerprint density at radius 3 is 2.11 bits per heavy atom. The summed E-state index contributed by atoms with van der Waals surface area (Å²) in [5.41, 5.74) is 0. The van der Waals surface area contributed by atoms with Crippen LogP contribution in [0.15, 0.2) is 0 Å². The lowest BCUT2D eigenvalue weighted by atomic mass is 9.89. The van der Waals surface area contributed by atoms with Crippen molar-refractivity contribution in [2.45, 2.75) is 40.5 Å². The Morgan fingerprint density at radius 1 is 1.44 bits per heavy atom. The average molecular weight is 126 g/mol. The Balaban J connectivity index is 3.41. The van der Waals surface area contributed by atoms with Crippen LogP contribution in [0.25, 0.3) is 0 Å². The molecule has 0 rings (SSSR count). The highest BCUT2D eigenvalue weighted by Gasteiger charge is 1.87. The molecule has 1 atom stereocenters. The van der Waals surface area contributed by atoms with Gasteiger partial charge in [-0.25, -0.2) is 0 Å². The maximum Gasteiger partial charge on any atom is -0.0606 e. The summed E-state index contributed by atoms with van der Waals surface area (Å²) in [5.74, 6) is 2.30. The zero-order valence-corrected chi connectivity index (χ0v) is 7.07. The summed E-state index contributed by atoms with van der Waals surface area (Å²) in [6.45, 7) is 8.80. The van der Waals surface area contributed by atoms with Crippen LogP contribution in [0.2, 0.25) is 0 Å². The van der Waals surface area contributed by atoms with Gasteiger partial charge in [0.1, 0.15) is 0 Å². The van der Waals surface area contributed by atoms with Crippen LogP contribution in [0.4, 0.5) is 0 Å². The first-order chi connectivity index (χ1) is 4.22. The minimum atomic E-state index is 0.759. The molecular weight excluding hydrogens is 108 g/mol. The molecular formula is C9H18-2. The summed E-state index contributed by atoms with van der Waals surface area (Å²) in [4.78, 5) is 0. The molecule has 0 aromatic rings. The van der Waals surface area contributed by atoms with E-state index in [4.69, 9.17) is 0 Å². The van der Waals surface area contributed by atoms with Crippen LogP contribution >= 0.6 is 0 Å². The standard InChI is InChI=1S/C9H18/c1-5-7-9(6-2)8(3)4/h6,9H,5,7H2,1-4H3/q-2. The molecule has 0 aliphatic heterocycles. The van der Waals surface area contributed by atoms with Crippen molar-refractivity contribution in [3.05, 3.63) is 12.3 Å². The summed E-state index contributed by atoms with van der Waals surface area (Å²) in [6.07, 6.45) is 4.90. The van der Waals surface area contributed by atoms with Crippen molar-refractivity contribution < 1.29 is 0 Å². The monoisotopic (exact) mass is 126 g/mol. The van der Waals surface area contributed by atoms with Gasteiger partial charge < -0.3 is 12.3 Å². The Morgan fingerprint density at radius 2 is 2.00 bits per heavy atom. The van der Waals surface area contributed by atoms with E-state index in [2.05, 4.69) is 34.1 Å².